The normalized spacial score (nSPS) is 11.4. The zero-order chi connectivity index (χ0) is 19.8. The Bertz CT molecular complexity index is 1120. The Labute approximate surface area is 150 Å². The highest BCUT2D eigenvalue weighted by Crippen LogP contribution is 2.26. The molecule has 12 heteroatoms. The molecule has 1 aromatic heterocycles. The molecular weight excluding hydrogens is 391 g/mol. The van der Waals surface area contributed by atoms with E-state index in [4.69, 9.17) is 4.18 Å². The Morgan fingerprint density at radius 3 is 2.44 bits per heavy atom. The van der Waals surface area contributed by atoms with Gasteiger partial charge in [-0.15, -0.1) is 0 Å². The third kappa shape index (κ3) is 3.79. The number of aromatic amines is 1. The molecule has 8 nitrogen and oxygen atoms in total. The van der Waals surface area contributed by atoms with Crippen molar-refractivity contribution >= 4 is 33.2 Å². The van der Waals surface area contributed by atoms with E-state index in [1.807, 2.05) is 0 Å². The van der Waals surface area contributed by atoms with Crippen molar-refractivity contribution in [2.45, 2.75) is 4.90 Å². The smallest absolute Gasteiger partial charge is 0.413 e. The van der Waals surface area contributed by atoms with Crippen LogP contribution in [0.2, 0.25) is 0 Å². The number of fused-ring (bicyclic) bond motifs is 1. The number of nitrogens with zero attached hydrogens (tertiary/aromatic N) is 1. The van der Waals surface area contributed by atoms with Crippen LogP contribution in [0.5, 0.6) is 5.75 Å². The minimum absolute atomic E-state index is 0.0208. The number of imidazole rings is 1. The summed E-state index contributed by atoms with van der Waals surface area (Å²) in [5.74, 6) is -4.81. The molecular formula is C15H10F3N3O5S. The molecule has 1 amide bonds. The summed E-state index contributed by atoms with van der Waals surface area (Å²) >= 11 is 0. The highest BCUT2D eigenvalue weighted by Gasteiger charge is 2.27. The largest absolute Gasteiger partial charge is 0.453 e. The van der Waals surface area contributed by atoms with E-state index in [0.717, 1.165) is 13.2 Å². The fourth-order valence-corrected chi connectivity index (χ4v) is 3.22. The number of aromatic nitrogens is 2. The zero-order valence-electron chi connectivity index (χ0n) is 13.4. The lowest BCUT2D eigenvalue weighted by Crippen LogP contribution is -2.14. The maximum Gasteiger partial charge on any atom is 0.413 e. The zero-order valence-corrected chi connectivity index (χ0v) is 14.2. The lowest BCUT2D eigenvalue weighted by molar-refractivity contribution is 0.186. The van der Waals surface area contributed by atoms with E-state index >= 15 is 0 Å². The van der Waals surface area contributed by atoms with Crippen LogP contribution in [0, 0.1) is 17.5 Å². The maximum atomic E-state index is 13.7. The van der Waals surface area contributed by atoms with Crippen LogP contribution in [-0.4, -0.2) is 31.6 Å². The molecule has 3 rings (SSSR count). The second-order valence-corrected chi connectivity index (χ2v) is 6.60. The van der Waals surface area contributed by atoms with Crippen LogP contribution in [0.1, 0.15) is 0 Å². The van der Waals surface area contributed by atoms with Gasteiger partial charge in [-0.05, 0) is 12.1 Å². The molecule has 2 aromatic carbocycles. The van der Waals surface area contributed by atoms with E-state index in [-0.39, 0.29) is 29.3 Å². The summed E-state index contributed by atoms with van der Waals surface area (Å²) in [5.41, 5.74) is 0.597. The van der Waals surface area contributed by atoms with Gasteiger partial charge in [-0.25, -0.2) is 22.9 Å². The van der Waals surface area contributed by atoms with E-state index in [0.29, 0.717) is 5.52 Å². The number of carbonyl (C=O) groups excluding carboxylic acids is 1. The Kier molecular flexibility index (Phi) is 4.66. The molecule has 0 saturated heterocycles. The monoisotopic (exact) mass is 401 g/mol. The topological polar surface area (TPSA) is 110 Å². The average molecular weight is 401 g/mol. The highest BCUT2D eigenvalue weighted by molar-refractivity contribution is 7.87. The molecule has 0 saturated carbocycles. The maximum absolute atomic E-state index is 13.7. The number of benzene rings is 2. The third-order valence-electron chi connectivity index (χ3n) is 3.28. The van der Waals surface area contributed by atoms with E-state index < -0.39 is 38.6 Å². The predicted octanol–water partition coefficient (Wildman–Crippen LogP) is 2.93. The Morgan fingerprint density at radius 2 is 1.81 bits per heavy atom. The summed E-state index contributed by atoms with van der Waals surface area (Å²) in [4.78, 5) is 16.4. The summed E-state index contributed by atoms with van der Waals surface area (Å²) < 4.78 is 73.8. The van der Waals surface area contributed by atoms with Crippen LogP contribution >= 0.6 is 0 Å². The van der Waals surface area contributed by atoms with Gasteiger partial charge in [0.1, 0.15) is 11.6 Å². The number of nitrogens with one attached hydrogen (secondary N) is 2. The van der Waals surface area contributed by atoms with Gasteiger partial charge in [-0.2, -0.15) is 8.42 Å². The average Bonchev–Trinajstić information content (AvgIpc) is 2.94. The molecule has 0 spiro atoms. The second kappa shape index (κ2) is 6.79. The number of hydrogen-bond donors (Lipinski definition) is 2. The Morgan fingerprint density at radius 1 is 1.15 bits per heavy atom. The molecule has 2 N–H and O–H groups in total. The van der Waals surface area contributed by atoms with Crippen LogP contribution < -0.4 is 9.50 Å². The van der Waals surface area contributed by atoms with E-state index in [1.165, 1.54) is 12.1 Å². The fraction of sp³-hybridized carbons (Fsp3) is 0.0667. The van der Waals surface area contributed by atoms with E-state index in [2.05, 4.69) is 20.0 Å². The quantitative estimate of drug-likeness (QED) is 0.651. The first kappa shape index (κ1) is 18.5. The first-order valence-electron chi connectivity index (χ1n) is 7.13. The summed E-state index contributed by atoms with van der Waals surface area (Å²) in [7, 11) is -3.77. The number of hydrogen-bond acceptors (Lipinski definition) is 6. The molecule has 0 aliphatic heterocycles. The predicted molar refractivity (Wildman–Crippen MR) is 86.3 cm³/mol. The fourth-order valence-electron chi connectivity index (χ4n) is 2.18. The Hall–Kier alpha value is -3.28. The number of rotatable bonds is 4. The van der Waals surface area contributed by atoms with Crippen LogP contribution in [-0.2, 0) is 14.9 Å². The van der Waals surface area contributed by atoms with Crippen molar-refractivity contribution in [3.63, 3.8) is 0 Å². The number of anilines is 1. The van der Waals surface area contributed by atoms with Crippen molar-refractivity contribution in [3.8, 4) is 5.75 Å². The van der Waals surface area contributed by atoms with Crippen molar-refractivity contribution in [1.82, 2.24) is 9.97 Å². The summed E-state index contributed by atoms with van der Waals surface area (Å²) in [5, 5.41) is 2.27. The molecule has 0 radical (unpaired) electrons. The van der Waals surface area contributed by atoms with Crippen molar-refractivity contribution in [1.29, 1.82) is 0 Å². The van der Waals surface area contributed by atoms with Gasteiger partial charge in [0.15, 0.2) is 16.5 Å². The van der Waals surface area contributed by atoms with Crippen molar-refractivity contribution in [3.05, 3.63) is 47.8 Å². The molecule has 0 atom stereocenters. The third-order valence-corrected chi connectivity index (χ3v) is 4.58. The number of methoxy groups -OCH3 is 1. The second-order valence-electron chi connectivity index (χ2n) is 5.12. The van der Waals surface area contributed by atoms with Crippen LogP contribution in [0.25, 0.3) is 11.0 Å². The summed E-state index contributed by atoms with van der Waals surface area (Å²) in [6.07, 6.45) is -0.782. The van der Waals surface area contributed by atoms with Gasteiger partial charge in [-0.1, -0.05) is 0 Å². The minimum atomic E-state index is -4.92. The molecule has 27 heavy (non-hydrogen) atoms. The van der Waals surface area contributed by atoms with Crippen molar-refractivity contribution < 1.29 is 35.3 Å². The lowest BCUT2D eigenvalue weighted by atomic mass is 10.3. The van der Waals surface area contributed by atoms with Gasteiger partial charge in [0.05, 0.1) is 18.1 Å². The summed E-state index contributed by atoms with van der Waals surface area (Å²) in [6, 6.07) is 4.17. The lowest BCUT2D eigenvalue weighted by Gasteiger charge is -2.08. The van der Waals surface area contributed by atoms with E-state index in [9.17, 15) is 26.4 Å². The number of carbonyl (C=O) groups is 1. The van der Waals surface area contributed by atoms with Crippen molar-refractivity contribution in [2.75, 3.05) is 12.4 Å². The molecule has 1 heterocycles. The minimum Gasteiger partial charge on any atom is -0.453 e. The first-order chi connectivity index (χ1) is 12.7. The van der Waals surface area contributed by atoms with Gasteiger partial charge >= 0.3 is 16.2 Å². The first-order valence-corrected chi connectivity index (χ1v) is 8.54. The van der Waals surface area contributed by atoms with Gasteiger partial charge < -0.3 is 13.9 Å². The number of halogens is 3. The van der Waals surface area contributed by atoms with Gasteiger partial charge in [0.25, 0.3) is 0 Å². The molecule has 142 valence electrons. The molecule has 0 bridgehead atoms. The Balaban J connectivity index is 1.93. The van der Waals surface area contributed by atoms with Crippen LogP contribution in [0.15, 0.2) is 35.2 Å². The van der Waals surface area contributed by atoms with Gasteiger partial charge in [0, 0.05) is 18.2 Å². The van der Waals surface area contributed by atoms with Crippen LogP contribution in [0.4, 0.5) is 23.9 Å². The number of H-pyrrole nitrogens is 1. The molecule has 0 fully saturated rings. The highest BCUT2D eigenvalue weighted by atomic mass is 32.2. The summed E-state index contributed by atoms with van der Waals surface area (Å²) in [6.45, 7) is 0. The SMILES string of the molecule is COC(=O)Nc1nc2cc(OS(=O)(=O)c3c(F)cc(F)cc3F)ccc2[nH]1. The molecule has 0 aliphatic carbocycles. The number of ether oxygens (including phenoxy) is 1. The van der Waals surface area contributed by atoms with Gasteiger partial charge in [0.2, 0.25) is 5.95 Å². The van der Waals surface area contributed by atoms with Crippen molar-refractivity contribution in [2.24, 2.45) is 0 Å². The van der Waals surface area contributed by atoms with Gasteiger partial charge in [-0.3, -0.25) is 5.32 Å². The van der Waals surface area contributed by atoms with E-state index in [1.54, 1.807) is 0 Å². The molecule has 0 unspecified atom stereocenters. The molecule has 3 aromatic rings. The number of amides is 1. The molecule has 0 aliphatic rings. The standard InChI is InChI=1S/C15H10F3N3O5S/c1-25-15(22)21-14-19-11-3-2-8(6-12(11)20-14)26-27(23,24)13-9(17)4-7(16)5-10(13)18/h2-6H,1H3,(H2,19,20,21,22). The van der Waals surface area contributed by atoms with Crippen LogP contribution in [0.3, 0.4) is 0 Å².